The summed E-state index contributed by atoms with van der Waals surface area (Å²) in [5.74, 6) is -0.568. The van der Waals surface area contributed by atoms with Crippen molar-refractivity contribution in [3.8, 4) is 0 Å². The number of fused-ring (bicyclic) bond motifs is 1. The van der Waals surface area contributed by atoms with Gasteiger partial charge in [-0.3, -0.25) is 19.3 Å². The van der Waals surface area contributed by atoms with Crippen molar-refractivity contribution in [2.24, 2.45) is 0 Å². The highest BCUT2D eigenvalue weighted by molar-refractivity contribution is 6.22. The predicted molar refractivity (Wildman–Crippen MR) is 86.1 cm³/mol. The van der Waals surface area contributed by atoms with Crippen LogP contribution in [-0.2, 0) is 4.79 Å². The molecule has 1 fully saturated rings. The molecule has 3 rings (SSSR count). The molecule has 2 amide bonds. The van der Waals surface area contributed by atoms with E-state index in [1.54, 1.807) is 12.4 Å². The van der Waals surface area contributed by atoms with Gasteiger partial charge in [-0.05, 0) is 52.7 Å². The molecule has 1 aromatic rings. The molecule has 0 aromatic heterocycles. The van der Waals surface area contributed by atoms with Crippen LogP contribution >= 0.6 is 0 Å². The van der Waals surface area contributed by atoms with Gasteiger partial charge in [-0.25, -0.2) is 0 Å². The van der Waals surface area contributed by atoms with E-state index < -0.39 is 0 Å². The molecule has 5 heteroatoms. The quantitative estimate of drug-likeness (QED) is 0.849. The third kappa shape index (κ3) is 2.70. The van der Waals surface area contributed by atoms with Crippen molar-refractivity contribution in [2.75, 3.05) is 0 Å². The van der Waals surface area contributed by atoms with Gasteiger partial charge in [-0.15, -0.1) is 0 Å². The standard InChI is InChI=1S/C18H21N2O3/c1-17(2)8-12(9-18(3,4)19-17)20-15(22)13-6-5-11(10-21)7-14(13)16(20)23/h5-7,12,19H,8-9H2,1-4H3. The number of carbonyl (C=O) groups excluding carboxylic acids is 3. The molecule has 2 aliphatic heterocycles. The van der Waals surface area contributed by atoms with E-state index in [-0.39, 0.29) is 34.5 Å². The van der Waals surface area contributed by atoms with Crippen LogP contribution in [-0.4, -0.2) is 40.1 Å². The summed E-state index contributed by atoms with van der Waals surface area (Å²) in [5.41, 5.74) is 0.651. The van der Waals surface area contributed by atoms with E-state index in [0.717, 1.165) is 0 Å². The maximum Gasteiger partial charge on any atom is 0.261 e. The van der Waals surface area contributed by atoms with E-state index in [9.17, 15) is 14.4 Å². The third-order valence-electron chi connectivity index (χ3n) is 4.57. The zero-order valence-electron chi connectivity index (χ0n) is 13.9. The summed E-state index contributed by atoms with van der Waals surface area (Å²) in [7, 11) is 0. The average molecular weight is 313 g/mol. The Kier molecular flexibility index (Phi) is 3.45. The summed E-state index contributed by atoms with van der Waals surface area (Å²) in [6, 6.07) is 4.38. The molecule has 0 aliphatic carbocycles. The zero-order valence-corrected chi connectivity index (χ0v) is 13.9. The summed E-state index contributed by atoms with van der Waals surface area (Å²) >= 11 is 0. The van der Waals surface area contributed by atoms with Crippen molar-refractivity contribution in [2.45, 2.75) is 57.7 Å². The lowest BCUT2D eigenvalue weighted by atomic mass is 9.79. The summed E-state index contributed by atoms with van der Waals surface area (Å²) in [5, 5.41) is 3.55. The van der Waals surface area contributed by atoms with Crippen LogP contribution in [0.25, 0.3) is 0 Å². The Morgan fingerprint density at radius 2 is 1.61 bits per heavy atom. The average Bonchev–Trinajstić information content (AvgIpc) is 2.67. The molecule has 1 aromatic carbocycles. The second-order valence-electron chi connectivity index (χ2n) is 7.80. The molecule has 23 heavy (non-hydrogen) atoms. The van der Waals surface area contributed by atoms with Gasteiger partial charge in [0.2, 0.25) is 6.29 Å². The van der Waals surface area contributed by atoms with Crippen LogP contribution in [0.3, 0.4) is 0 Å². The monoisotopic (exact) mass is 313 g/mol. The van der Waals surface area contributed by atoms with Crippen LogP contribution in [0.4, 0.5) is 0 Å². The molecule has 0 atom stereocenters. The summed E-state index contributed by atoms with van der Waals surface area (Å²) in [4.78, 5) is 37.6. The fraction of sp³-hybridized carbons (Fsp3) is 0.500. The Labute approximate surface area is 136 Å². The van der Waals surface area contributed by atoms with Crippen LogP contribution in [0.2, 0.25) is 0 Å². The van der Waals surface area contributed by atoms with Gasteiger partial charge < -0.3 is 5.32 Å². The first-order valence-electron chi connectivity index (χ1n) is 7.83. The highest BCUT2D eigenvalue weighted by atomic mass is 16.2. The van der Waals surface area contributed by atoms with Crippen molar-refractivity contribution >= 4 is 18.1 Å². The number of nitrogens with zero attached hydrogens (tertiary/aromatic N) is 1. The molecule has 1 saturated heterocycles. The minimum Gasteiger partial charge on any atom is -0.307 e. The first-order valence-corrected chi connectivity index (χ1v) is 7.83. The molecule has 0 unspecified atom stereocenters. The number of imide groups is 1. The Bertz CT molecular complexity index is 690. The Balaban J connectivity index is 1.97. The van der Waals surface area contributed by atoms with Gasteiger partial charge in [0.15, 0.2) is 0 Å². The Morgan fingerprint density at radius 3 is 2.17 bits per heavy atom. The minimum absolute atomic E-state index is 0.155. The maximum absolute atomic E-state index is 12.8. The van der Waals surface area contributed by atoms with Crippen LogP contribution in [0.1, 0.15) is 66.8 Å². The normalized spacial score (nSPS) is 23.0. The first kappa shape index (κ1) is 15.9. The molecule has 0 saturated carbocycles. The van der Waals surface area contributed by atoms with Crippen LogP contribution in [0.15, 0.2) is 18.2 Å². The van der Waals surface area contributed by atoms with Gasteiger partial charge in [-0.2, -0.15) is 0 Å². The van der Waals surface area contributed by atoms with Gasteiger partial charge in [0.05, 0.1) is 11.1 Å². The molecule has 2 aliphatic rings. The molecule has 1 radical (unpaired) electrons. The summed E-state index contributed by atoms with van der Waals surface area (Å²) in [6.07, 6.45) is 3.18. The fourth-order valence-corrected chi connectivity index (χ4v) is 4.11. The lowest BCUT2D eigenvalue weighted by molar-refractivity contribution is 0.0413. The van der Waals surface area contributed by atoms with E-state index in [2.05, 4.69) is 33.0 Å². The molecule has 1 N–H and O–H groups in total. The van der Waals surface area contributed by atoms with Crippen molar-refractivity contribution in [1.82, 2.24) is 10.2 Å². The molecule has 121 valence electrons. The number of benzene rings is 1. The lowest BCUT2D eigenvalue weighted by Gasteiger charge is -2.48. The van der Waals surface area contributed by atoms with E-state index in [4.69, 9.17) is 0 Å². The van der Waals surface area contributed by atoms with E-state index in [1.807, 2.05) is 0 Å². The maximum atomic E-state index is 12.8. The molecule has 5 nitrogen and oxygen atoms in total. The van der Waals surface area contributed by atoms with E-state index in [1.165, 1.54) is 17.0 Å². The topological polar surface area (TPSA) is 66.5 Å². The van der Waals surface area contributed by atoms with Gasteiger partial charge in [0.1, 0.15) is 0 Å². The predicted octanol–water partition coefficient (Wildman–Crippen LogP) is 2.05. The molecule has 0 spiro atoms. The number of piperidine rings is 1. The Hall–Kier alpha value is -2.01. The highest BCUT2D eigenvalue weighted by Crippen LogP contribution is 2.35. The minimum atomic E-state index is -0.305. The van der Waals surface area contributed by atoms with Crippen molar-refractivity contribution < 1.29 is 14.4 Å². The zero-order chi connectivity index (χ0) is 17.0. The number of hydrogen-bond donors (Lipinski definition) is 1. The van der Waals surface area contributed by atoms with E-state index in [0.29, 0.717) is 24.0 Å². The van der Waals surface area contributed by atoms with Crippen LogP contribution in [0, 0.1) is 0 Å². The summed E-state index contributed by atoms with van der Waals surface area (Å²) < 4.78 is 0. The summed E-state index contributed by atoms with van der Waals surface area (Å²) in [6.45, 7) is 8.33. The second kappa shape index (κ2) is 4.99. The molecule has 0 bridgehead atoms. The Morgan fingerprint density at radius 1 is 1.04 bits per heavy atom. The fourth-order valence-electron chi connectivity index (χ4n) is 4.11. The number of hydrogen-bond acceptors (Lipinski definition) is 4. The number of amides is 2. The highest BCUT2D eigenvalue weighted by Gasteiger charge is 2.46. The smallest absolute Gasteiger partial charge is 0.261 e. The number of carbonyl (C=O) groups is 2. The third-order valence-corrected chi connectivity index (χ3v) is 4.57. The molecular weight excluding hydrogens is 292 g/mol. The van der Waals surface area contributed by atoms with Gasteiger partial charge >= 0.3 is 0 Å². The molecule has 2 heterocycles. The lowest BCUT2D eigenvalue weighted by Crippen LogP contribution is -2.62. The van der Waals surface area contributed by atoms with Gasteiger partial charge in [0.25, 0.3) is 11.8 Å². The molecular formula is C18H21N2O3. The van der Waals surface area contributed by atoms with Gasteiger partial charge in [0, 0.05) is 22.7 Å². The number of nitrogens with one attached hydrogen (secondary N) is 1. The first-order chi connectivity index (χ1) is 10.6. The largest absolute Gasteiger partial charge is 0.307 e. The van der Waals surface area contributed by atoms with Crippen LogP contribution < -0.4 is 5.32 Å². The van der Waals surface area contributed by atoms with Crippen molar-refractivity contribution in [3.05, 3.63) is 34.9 Å². The van der Waals surface area contributed by atoms with Crippen molar-refractivity contribution in [1.29, 1.82) is 0 Å². The number of rotatable bonds is 2. The van der Waals surface area contributed by atoms with Crippen LogP contribution in [0.5, 0.6) is 0 Å². The van der Waals surface area contributed by atoms with Gasteiger partial charge in [-0.1, -0.05) is 6.07 Å². The SMILES string of the molecule is CC1(C)CC(N2C(=O)c3ccc([C]=O)cc3C2=O)CC(C)(C)N1. The second-order valence-corrected chi connectivity index (χ2v) is 7.80. The van der Waals surface area contributed by atoms with E-state index >= 15 is 0 Å². The van der Waals surface area contributed by atoms with Crippen molar-refractivity contribution in [3.63, 3.8) is 0 Å².